The van der Waals surface area contributed by atoms with E-state index in [1.54, 1.807) is 18.2 Å². The Labute approximate surface area is 153 Å². The molecule has 1 unspecified atom stereocenters. The van der Waals surface area contributed by atoms with Crippen molar-refractivity contribution in [1.82, 2.24) is 15.0 Å². The van der Waals surface area contributed by atoms with Crippen molar-refractivity contribution in [3.8, 4) is 0 Å². The highest BCUT2D eigenvalue weighted by Crippen LogP contribution is 2.39. The van der Waals surface area contributed by atoms with E-state index in [0.717, 1.165) is 0 Å². The van der Waals surface area contributed by atoms with Gasteiger partial charge in [-0.2, -0.15) is 26.3 Å². The fourth-order valence-electron chi connectivity index (χ4n) is 2.43. The highest BCUT2D eigenvalue weighted by Gasteiger charge is 2.39. The lowest BCUT2D eigenvalue weighted by molar-refractivity contribution is -0.143. The maximum absolute atomic E-state index is 13.2. The minimum atomic E-state index is -5.02. The molecule has 0 aliphatic rings. The van der Waals surface area contributed by atoms with Crippen LogP contribution in [0.5, 0.6) is 0 Å². The van der Waals surface area contributed by atoms with E-state index >= 15 is 0 Å². The van der Waals surface area contributed by atoms with Gasteiger partial charge in [-0.05, 0) is 31.2 Å². The van der Waals surface area contributed by atoms with Crippen molar-refractivity contribution in [1.29, 1.82) is 0 Å². The smallest absolute Gasteiger partial charge is 0.360 e. The molecule has 1 aromatic carbocycles. The SMILES string of the molecule is CC(Nc1ncc(C(F)(F)F)cc1C(F)(F)F)c1nc2ccc(Cl)cc2[nH]1. The second kappa shape index (κ2) is 6.59. The molecule has 11 heteroatoms. The minimum Gasteiger partial charge on any atom is -0.360 e. The molecule has 3 rings (SSSR count). The number of aromatic nitrogens is 3. The number of alkyl halides is 6. The Morgan fingerprint density at radius 1 is 1.07 bits per heavy atom. The van der Waals surface area contributed by atoms with Crippen molar-refractivity contribution in [3.05, 3.63) is 52.4 Å². The van der Waals surface area contributed by atoms with Crippen LogP contribution in [0, 0.1) is 0 Å². The third-order valence-corrected chi connectivity index (χ3v) is 3.98. The van der Waals surface area contributed by atoms with Crippen molar-refractivity contribution >= 4 is 28.5 Å². The maximum atomic E-state index is 13.2. The molecule has 0 saturated carbocycles. The number of pyridine rings is 1. The summed E-state index contributed by atoms with van der Waals surface area (Å²) in [5.74, 6) is -0.441. The number of nitrogens with zero attached hydrogens (tertiary/aromatic N) is 2. The molecule has 0 spiro atoms. The first-order chi connectivity index (χ1) is 12.4. The van der Waals surface area contributed by atoms with Crippen LogP contribution in [0.4, 0.5) is 32.2 Å². The first-order valence-electron chi connectivity index (χ1n) is 7.51. The van der Waals surface area contributed by atoms with E-state index in [1.807, 2.05) is 0 Å². The van der Waals surface area contributed by atoms with Gasteiger partial charge in [0.2, 0.25) is 0 Å². The summed E-state index contributed by atoms with van der Waals surface area (Å²) in [6.45, 7) is 1.50. The van der Waals surface area contributed by atoms with Crippen LogP contribution in [0.15, 0.2) is 30.5 Å². The zero-order valence-corrected chi connectivity index (χ0v) is 14.3. The number of H-pyrrole nitrogens is 1. The molecule has 0 radical (unpaired) electrons. The molecular weight excluding hydrogens is 398 g/mol. The minimum absolute atomic E-state index is 0.0282. The Morgan fingerprint density at radius 3 is 2.41 bits per heavy atom. The van der Waals surface area contributed by atoms with Gasteiger partial charge in [-0.25, -0.2) is 9.97 Å². The van der Waals surface area contributed by atoms with Crippen molar-refractivity contribution in [3.63, 3.8) is 0 Å². The standard InChI is InChI=1S/C16H11ClF6N4/c1-7(13-26-11-3-2-9(17)5-12(11)27-13)25-14-10(16(21,22)23)4-8(6-24-14)15(18,19)20/h2-7H,1H3,(H,24,25)(H,26,27). The molecule has 0 saturated heterocycles. The second-order valence-electron chi connectivity index (χ2n) is 5.77. The quantitative estimate of drug-likeness (QED) is 0.537. The average molecular weight is 409 g/mol. The van der Waals surface area contributed by atoms with E-state index in [-0.39, 0.29) is 11.9 Å². The van der Waals surface area contributed by atoms with Gasteiger partial charge in [0.25, 0.3) is 0 Å². The van der Waals surface area contributed by atoms with Gasteiger partial charge >= 0.3 is 12.4 Å². The van der Waals surface area contributed by atoms with Crippen molar-refractivity contribution in [2.45, 2.75) is 25.3 Å². The Bertz CT molecular complexity index is 979. The number of benzene rings is 1. The molecule has 2 aromatic heterocycles. The summed E-state index contributed by atoms with van der Waals surface area (Å²) in [6, 6.07) is 4.06. The van der Waals surface area contributed by atoms with Crippen molar-refractivity contribution in [2.24, 2.45) is 0 Å². The first-order valence-corrected chi connectivity index (χ1v) is 7.89. The van der Waals surface area contributed by atoms with Gasteiger partial charge in [0.1, 0.15) is 11.6 Å². The number of anilines is 1. The van der Waals surface area contributed by atoms with E-state index in [9.17, 15) is 26.3 Å². The normalized spacial score (nSPS) is 13.8. The van der Waals surface area contributed by atoms with E-state index in [1.165, 1.54) is 6.92 Å². The molecule has 27 heavy (non-hydrogen) atoms. The topological polar surface area (TPSA) is 53.6 Å². The van der Waals surface area contributed by atoms with Crippen LogP contribution in [0.25, 0.3) is 11.0 Å². The number of fused-ring (bicyclic) bond motifs is 1. The van der Waals surface area contributed by atoms with Crippen molar-refractivity contribution < 1.29 is 26.3 Å². The summed E-state index contributed by atoms with van der Waals surface area (Å²) >= 11 is 5.87. The van der Waals surface area contributed by atoms with Crippen LogP contribution < -0.4 is 5.32 Å². The lowest BCUT2D eigenvalue weighted by Gasteiger charge is -2.18. The molecule has 2 N–H and O–H groups in total. The zero-order valence-electron chi connectivity index (χ0n) is 13.5. The van der Waals surface area contributed by atoms with Gasteiger partial charge < -0.3 is 10.3 Å². The third-order valence-electron chi connectivity index (χ3n) is 3.75. The van der Waals surface area contributed by atoms with E-state index in [4.69, 9.17) is 11.6 Å². The van der Waals surface area contributed by atoms with Crippen LogP contribution in [-0.4, -0.2) is 15.0 Å². The van der Waals surface area contributed by atoms with Crippen LogP contribution in [0.2, 0.25) is 5.02 Å². The van der Waals surface area contributed by atoms with Crippen LogP contribution in [0.1, 0.15) is 29.9 Å². The van der Waals surface area contributed by atoms with Crippen LogP contribution in [0.3, 0.4) is 0 Å². The fourth-order valence-corrected chi connectivity index (χ4v) is 2.60. The third kappa shape index (κ3) is 4.10. The predicted molar refractivity (Wildman–Crippen MR) is 87.4 cm³/mol. The number of imidazole rings is 1. The molecule has 0 aliphatic carbocycles. The number of hydrogen-bond acceptors (Lipinski definition) is 3. The Balaban J connectivity index is 1.95. The molecule has 144 valence electrons. The molecule has 0 aliphatic heterocycles. The monoisotopic (exact) mass is 408 g/mol. The molecule has 4 nitrogen and oxygen atoms in total. The van der Waals surface area contributed by atoms with Gasteiger partial charge in [-0.3, -0.25) is 0 Å². The molecule has 0 amide bonds. The summed E-state index contributed by atoms with van der Waals surface area (Å²) in [7, 11) is 0. The highest BCUT2D eigenvalue weighted by molar-refractivity contribution is 6.31. The van der Waals surface area contributed by atoms with Gasteiger partial charge in [-0.1, -0.05) is 11.6 Å². The number of rotatable bonds is 3. The molecule has 3 aromatic rings. The molecule has 2 heterocycles. The second-order valence-corrected chi connectivity index (χ2v) is 6.20. The first kappa shape index (κ1) is 19.3. The lowest BCUT2D eigenvalue weighted by atomic mass is 10.1. The maximum Gasteiger partial charge on any atom is 0.419 e. The summed E-state index contributed by atoms with van der Waals surface area (Å²) in [5, 5.41) is 2.91. The van der Waals surface area contributed by atoms with E-state index < -0.39 is 35.3 Å². The van der Waals surface area contributed by atoms with Crippen LogP contribution in [-0.2, 0) is 12.4 Å². The van der Waals surface area contributed by atoms with Gasteiger partial charge in [-0.15, -0.1) is 0 Å². The summed E-state index contributed by atoms with van der Waals surface area (Å²) < 4.78 is 77.7. The van der Waals surface area contributed by atoms with E-state index in [2.05, 4.69) is 20.3 Å². The lowest BCUT2D eigenvalue weighted by Crippen LogP contribution is -2.18. The largest absolute Gasteiger partial charge is 0.419 e. The Morgan fingerprint density at radius 2 is 1.78 bits per heavy atom. The number of halogens is 7. The zero-order chi connectivity index (χ0) is 20.0. The number of nitrogens with one attached hydrogen (secondary N) is 2. The number of hydrogen-bond donors (Lipinski definition) is 2. The van der Waals surface area contributed by atoms with Gasteiger partial charge in [0.15, 0.2) is 0 Å². The average Bonchev–Trinajstić information content (AvgIpc) is 2.96. The predicted octanol–water partition coefficient (Wildman–Crippen LogP) is 5.82. The van der Waals surface area contributed by atoms with Gasteiger partial charge in [0.05, 0.1) is 28.2 Å². The highest BCUT2D eigenvalue weighted by atomic mass is 35.5. The molecule has 0 bridgehead atoms. The fraction of sp³-hybridized carbons (Fsp3) is 0.250. The molecular formula is C16H11ClF6N4. The van der Waals surface area contributed by atoms with E-state index in [0.29, 0.717) is 22.3 Å². The molecule has 0 fully saturated rings. The Hall–Kier alpha value is -2.49. The van der Waals surface area contributed by atoms with Gasteiger partial charge in [0, 0.05) is 11.2 Å². The summed E-state index contributed by atoms with van der Waals surface area (Å²) in [5.41, 5.74) is -1.88. The number of aromatic amines is 1. The van der Waals surface area contributed by atoms with Crippen LogP contribution >= 0.6 is 11.6 Å². The summed E-state index contributed by atoms with van der Waals surface area (Å²) in [4.78, 5) is 10.5. The Kier molecular flexibility index (Phi) is 4.71. The van der Waals surface area contributed by atoms with Crippen molar-refractivity contribution in [2.75, 3.05) is 5.32 Å². The summed E-state index contributed by atoms with van der Waals surface area (Å²) in [6.07, 6.45) is -9.60. The molecule has 1 atom stereocenters.